The van der Waals surface area contributed by atoms with Crippen LogP contribution in [-0.4, -0.2) is 25.9 Å². The van der Waals surface area contributed by atoms with Crippen molar-refractivity contribution in [1.29, 1.82) is 0 Å². The van der Waals surface area contributed by atoms with Gasteiger partial charge in [0.05, 0.1) is 22.8 Å². The van der Waals surface area contributed by atoms with E-state index in [9.17, 15) is 13.2 Å². The van der Waals surface area contributed by atoms with E-state index in [1.165, 1.54) is 18.3 Å². The number of amides is 1. The average Bonchev–Trinajstić information content (AvgIpc) is 2.71. The molecule has 3 aromatic rings. The number of hydrogen-bond donors (Lipinski definition) is 1. The number of para-hydroxylation sites is 2. The predicted octanol–water partition coefficient (Wildman–Crippen LogP) is 4.18. The third kappa shape index (κ3) is 4.46. The van der Waals surface area contributed by atoms with E-state index in [0.29, 0.717) is 18.0 Å². The van der Waals surface area contributed by atoms with Crippen molar-refractivity contribution >= 4 is 21.4 Å². The molecule has 0 spiro atoms. The zero-order valence-corrected chi connectivity index (χ0v) is 17.3. The van der Waals surface area contributed by atoms with E-state index in [-0.39, 0.29) is 15.5 Å². The van der Waals surface area contributed by atoms with Crippen molar-refractivity contribution in [1.82, 2.24) is 4.98 Å². The Morgan fingerprint density at radius 1 is 1.03 bits per heavy atom. The van der Waals surface area contributed by atoms with Crippen LogP contribution in [0, 0.1) is 13.8 Å². The molecule has 0 fully saturated rings. The van der Waals surface area contributed by atoms with Crippen molar-refractivity contribution < 1.29 is 17.9 Å². The molecule has 6 nitrogen and oxygen atoms in total. The fraction of sp³-hybridized carbons (Fsp3) is 0.182. The zero-order valence-electron chi connectivity index (χ0n) is 16.5. The van der Waals surface area contributed by atoms with Gasteiger partial charge < -0.3 is 10.1 Å². The summed E-state index contributed by atoms with van der Waals surface area (Å²) in [5.74, 6) is 0.157. The molecule has 0 saturated carbocycles. The number of pyridine rings is 1. The van der Waals surface area contributed by atoms with E-state index in [1.807, 2.05) is 26.8 Å². The highest BCUT2D eigenvalue weighted by atomic mass is 32.2. The molecular formula is C22H22N2O4S. The predicted molar refractivity (Wildman–Crippen MR) is 111 cm³/mol. The number of anilines is 1. The van der Waals surface area contributed by atoms with E-state index in [0.717, 1.165) is 11.1 Å². The molecule has 0 aliphatic carbocycles. The Kier molecular flexibility index (Phi) is 5.98. The van der Waals surface area contributed by atoms with Gasteiger partial charge in [0.25, 0.3) is 5.91 Å². The summed E-state index contributed by atoms with van der Waals surface area (Å²) in [6, 6.07) is 14.8. The molecule has 150 valence electrons. The van der Waals surface area contributed by atoms with Crippen molar-refractivity contribution in [2.75, 3.05) is 11.9 Å². The fourth-order valence-electron chi connectivity index (χ4n) is 2.72. The molecule has 29 heavy (non-hydrogen) atoms. The van der Waals surface area contributed by atoms with Crippen LogP contribution < -0.4 is 10.1 Å². The summed E-state index contributed by atoms with van der Waals surface area (Å²) in [6.45, 7) is 6.10. The monoisotopic (exact) mass is 410 g/mol. The number of nitrogens with one attached hydrogen (secondary N) is 1. The van der Waals surface area contributed by atoms with Gasteiger partial charge in [0.1, 0.15) is 5.75 Å². The molecule has 0 aliphatic rings. The van der Waals surface area contributed by atoms with Crippen LogP contribution in [0.15, 0.2) is 70.7 Å². The lowest BCUT2D eigenvalue weighted by Gasteiger charge is -2.11. The number of carbonyl (C=O) groups excluding carboxylic acids is 1. The van der Waals surface area contributed by atoms with E-state index in [2.05, 4.69) is 10.3 Å². The van der Waals surface area contributed by atoms with Crippen molar-refractivity contribution in [3.63, 3.8) is 0 Å². The lowest BCUT2D eigenvalue weighted by molar-refractivity contribution is 0.102. The summed E-state index contributed by atoms with van der Waals surface area (Å²) in [4.78, 5) is 16.7. The molecule has 0 unspecified atom stereocenters. The molecule has 0 saturated heterocycles. The molecule has 0 radical (unpaired) electrons. The number of benzene rings is 2. The minimum absolute atomic E-state index is 0.105. The Morgan fingerprint density at radius 2 is 1.79 bits per heavy atom. The first-order valence-corrected chi connectivity index (χ1v) is 10.6. The molecule has 1 heterocycles. The first-order chi connectivity index (χ1) is 13.8. The Morgan fingerprint density at radius 3 is 2.45 bits per heavy atom. The number of sulfone groups is 1. The first-order valence-electron chi connectivity index (χ1n) is 9.14. The number of ether oxygens (including phenoxy) is 1. The Bertz CT molecular complexity index is 1140. The molecule has 0 aliphatic heterocycles. The Hall–Kier alpha value is -3.19. The van der Waals surface area contributed by atoms with Gasteiger partial charge in [-0.15, -0.1) is 0 Å². The van der Waals surface area contributed by atoms with Crippen molar-refractivity contribution in [2.24, 2.45) is 0 Å². The summed E-state index contributed by atoms with van der Waals surface area (Å²) >= 11 is 0. The van der Waals surface area contributed by atoms with Crippen molar-refractivity contribution in [3.05, 3.63) is 77.5 Å². The van der Waals surface area contributed by atoms with Gasteiger partial charge in [0.2, 0.25) is 9.84 Å². The molecule has 1 aromatic heterocycles. The summed E-state index contributed by atoms with van der Waals surface area (Å²) in [7, 11) is -3.76. The number of nitrogens with zero attached hydrogens (tertiary/aromatic N) is 1. The largest absolute Gasteiger partial charge is 0.492 e. The van der Waals surface area contributed by atoms with Gasteiger partial charge in [-0.2, -0.15) is 0 Å². The second-order valence-electron chi connectivity index (χ2n) is 6.52. The highest BCUT2D eigenvalue weighted by Crippen LogP contribution is 2.25. The van der Waals surface area contributed by atoms with Crippen LogP contribution in [0.1, 0.15) is 28.4 Å². The minimum atomic E-state index is -3.76. The van der Waals surface area contributed by atoms with Gasteiger partial charge in [0, 0.05) is 6.20 Å². The molecule has 2 aromatic carbocycles. The van der Waals surface area contributed by atoms with Gasteiger partial charge >= 0.3 is 0 Å². The van der Waals surface area contributed by atoms with E-state index >= 15 is 0 Å². The van der Waals surface area contributed by atoms with Crippen LogP contribution >= 0.6 is 0 Å². The maximum Gasteiger partial charge on any atom is 0.257 e. The van der Waals surface area contributed by atoms with E-state index in [1.54, 1.807) is 36.4 Å². The molecule has 1 N–H and O–H groups in total. The second-order valence-corrected chi connectivity index (χ2v) is 8.41. The third-order valence-corrected chi connectivity index (χ3v) is 6.16. The third-order valence-electron chi connectivity index (χ3n) is 4.50. The lowest BCUT2D eigenvalue weighted by atomic mass is 10.1. The number of aryl methyl sites for hydroxylation is 2. The van der Waals surface area contributed by atoms with Gasteiger partial charge in [-0.05, 0) is 68.3 Å². The highest BCUT2D eigenvalue weighted by Gasteiger charge is 2.20. The molecule has 7 heteroatoms. The smallest absolute Gasteiger partial charge is 0.257 e. The van der Waals surface area contributed by atoms with E-state index < -0.39 is 15.7 Å². The minimum Gasteiger partial charge on any atom is -0.492 e. The number of carbonyl (C=O) groups is 1. The molecule has 1 amide bonds. The van der Waals surface area contributed by atoms with Gasteiger partial charge in [-0.25, -0.2) is 13.4 Å². The standard InChI is InChI=1S/C22H22N2O4S/c1-4-28-20-8-6-5-7-19(20)24-22(25)17-10-12-21(23-14-17)29(26,27)18-11-9-15(2)16(3)13-18/h5-14H,4H2,1-3H3,(H,24,25). The summed E-state index contributed by atoms with van der Waals surface area (Å²) < 4.78 is 31.1. The van der Waals surface area contributed by atoms with Gasteiger partial charge in [-0.1, -0.05) is 18.2 Å². The van der Waals surface area contributed by atoms with Gasteiger partial charge in [-0.3, -0.25) is 4.79 Å². The molecule has 0 atom stereocenters. The Balaban J connectivity index is 1.83. The number of rotatable bonds is 6. The van der Waals surface area contributed by atoms with Crippen LogP contribution in [0.4, 0.5) is 5.69 Å². The van der Waals surface area contributed by atoms with Crippen LogP contribution in [0.5, 0.6) is 5.75 Å². The van der Waals surface area contributed by atoms with Crippen molar-refractivity contribution in [2.45, 2.75) is 30.7 Å². The quantitative estimate of drug-likeness (QED) is 0.659. The van der Waals surface area contributed by atoms with Gasteiger partial charge in [0.15, 0.2) is 5.03 Å². The maximum atomic E-state index is 12.8. The van der Waals surface area contributed by atoms with E-state index in [4.69, 9.17) is 4.74 Å². The summed E-state index contributed by atoms with van der Waals surface area (Å²) in [5.41, 5.74) is 2.67. The normalized spacial score (nSPS) is 11.1. The summed E-state index contributed by atoms with van der Waals surface area (Å²) in [5, 5.41) is 2.66. The number of hydrogen-bond acceptors (Lipinski definition) is 5. The fourth-order valence-corrected chi connectivity index (χ4v) is 3.98. The molecule has 3 rings (SSSR count). The SMILES string of the molecule is CCOc1ccccc1NC(=O)c1ccc(S(=O)(=O)c2ccc(C)c(C)c2)nc1. The lowest BCUT2D eigenvalue weighted by Crippen LogP contribution is -2.14. The summed E-state index contributed by atoms with van der Waals surface area (Å²) in [6.07, 6.45) is 1.26. The van der Waals surface area contributed by atoms with Crippen molar-refractivity contribution in [3.8, 4) is 5.75 Å². The van der Waals surface area contributed by atoms with Crippen LogP contribution in [-0.2, 0) is 9.84 Å². The topological polar surface area (TPSA) is 85.4 Å². The zero-order chi connectivity index (χ0) is 21.0. The van der Waals surface area contributed by atoms with Crippen LogP contribution in [0.25, 0.3) is 0 Å². The molecule has 0 bridgehead atoms. The average molecular weight is 410 g/mol. The Labute approximate surface area is 170 Å². The first kappa shape index (κ1) is 20.5. The van der Waals surface area contributed by atoms with Crippen LogP contribution in [0.3, 0.4) is 0 Å². The number of aromatic nitrogens is 1. The van der Waals surface area contributed by atoms with Crippen LogP contribution in [0.2, 0.25) is 0 Å². The second kappa shape index (κ2) is 8.45. The molecular weight excluding hydrogens is 388 g/mol. The highest BCUT2D eigenvalue weighted by molar-refractivity contribution is 7.91. The maximum absolute atomic E-state index is 12.8.